The van der Waals surface area contributed by atoms with E-state index in [1.165, 1.54) is 11.3 Å². The van der Waals surface area contributed by atoms with Crippen LogP contribution in [0.5, 0.6) is 0 Å². The molecule has 8 heteroatoms. The van der Waals surface area contributed by atoms with E-state index < -0.39 is 5.92 Å². The first-order valence-corrected chi connectivity index (χ1v) is 9.81. The molecule has 2 N–H and O–H groups in total. The van der Waals surface area contributed by atoms with Gasteiger partial charge in [-0.3, -0.25) is 19.6 Å². The zero-order valence-electron chi connectivity index (χ0n) is 15.1. The van der Waals surface area contributed by atoms with Crippen molar-refractivity contribution in [3.05, 3.63) is 48.0 Å². The maximum absolute atomic E-state index is 12.7. The van der Waals surface area contributed by atoms with Crippen LogP contribution < -0.4 is 10.2 Å². The van der Waals surface area contributed by atoms with Crippen LogP contribution in [0.25, 0.3) is 21.1 Å². The van der Waals surface area contributed by atoms with Crippen LogP contribution in [0.2, 0.25) is 0 Å². The number of aromatic amines is 1. The molecular formula is C20H17N5O2S. The van der Waals surface area contributed by atoms with Gasteiger partial charge >= 0.3 is 0 Å². The Kier molecular flexibility index (Phi) is 3.87. The van der Waals surface area contributed by atoms with Crippen LogP contribution in [0.4, 0.5) is 10.9 Å². The number of thiazole rings is 1. The second-order valence-corrected chi connectivity index (χ2v) is 8.01. The largest absolute Gasteiger partial charge is 0.302 e. The number of carbonyl (C=O) groups is 2. The molecule has 140 valence electrons. The molecule has 2 amide bonds. The highest BCUT2D eigenvalue weighted by Gasteiger charge is 2.37. The Morgan fingerprint density at radius 1 is 1.29 bits per heavy atom. The molecule has 1 aliphatic heterocycles. The van der Waals surface area contributed by atoms with E-state index in [0.29, 0.717) is 17.5 Å². The second kappa shape index (κ2) is 6.42. The molecule has 1 atom stereocenters. The first kappa shape index (κ1) is 16.9. The third-order valence-electron chi connectivity index (χ3n) is 4.98. The smallest absolute Gasteiger partial charge is 0.231 e. The number of hydrogen-bond acceptors (Lipinski definition) is 5. The molecule has 0 radical (unpaired) electrons. The number of hydrogen-bond donors (Lipinski definition) is 2. The number of benzene rings is 2. The van der Waals surface area contributed by atoms with Crippen molar-refractivity contribution in [2.24, 2.45) is 5.92 Å². The molecular weight excluding hydrogens is 374 g/mol. The molecule has 5 rings (SSSR count). The minimum atomic E-state index is -0.434. The average Bonchev–Trinajstić information content (AvgIpc) is 3.37. The fourth-order valence-corrected chi connectivity index (χ4v) is 4.50. The van der Waals surface area contributed by atoms with Gasteiger partial charge in [0.15, 0.2) is 10.9 Å². The molecule has 3 heterocycles. The minimum Gasteiger partial charge on any atom is -0.302 e. The maximum Gasteiger partial charge on any atom is 0.231 e. The highest BCUT2D eigenvalue weighted by molar-refractivity contribution is 7.22. The van der Waals surface area contributed by atoms with Gasteiger partial charge in [-0.2, -0.15) is 5.10 Å². The molecule has 1 unspecified atom stereocenters. The number of fused-ring (bicyclic) bond motifs is 2. The van der Waals surface area contributed by atoms with Gasteiger partial charge in [0.05, 0.1) is 21.7 Å². The number of H-pyrrole nitrogens is 1. The quantitative estimate of drug-likeness (QED) is 0.559. The van der Waals surface area contributed by atoms with E-state index >= 15 is 0 Å². The summed E-state index contributed by atoms with van der Waals surface area (Å²) in [7, 11) is 0. The third-order valence-corrected chi connectivity index (χ3v) is 5.91. The van der Waals surface area contributed by atoms with Crippen LogP contribution in [0.3, 0.4) is 0 Å². The predicted molar refractivity (Wildman–Crippen MR) is 110 cm³/mol. The number of aryl methyl sites for hydroxylation is 1. The molecule has 1 fully saturated rings. The van der Waals surface area contributed by atoms with Crippen molar-refractivity contribution in [3.63, 3.8) is 0 Å². The van der Waals surface area contributed by atoms with Crippen LogP contribution >= 0.6 is 11.3 Å². The van der Waals surface area contributed by atoms with Crippen LogP contribution in [0.15, 0.2) is 42.5 Å². The summed E-state index contributed by atoms with van der Waals surface area (Å²) in [5, 5.41) is 11.5. The van der Waals surface area contributed by atoms with Crippen molar-refractivity contribution in [2.45, 2.75) is 13.3 Å². The van der Waals surface area contributed by atoms with E-state index in [1.807, 2.05) is 49.4 Å². The second-order valence-electron chi connectivity index (χ2n) is 6.98. The lowest BCUT2D eigenvalue weighted by molar-refractivity contribution is -0.122. The lowest BCUT2D eigenvalue weighted by atomic mass is 10.1. The fraction of sp³-hybridized carbons (Fsp3) is 0.200. The number of rotatable bonds is 3. The molecule has 28 heavy (non-hydrogen) atoms. The zero-order valence-corrected chi connectivity index (χ0v) is 15.9. The predicted octanol–water partition coefficient (Wildman–Crippen LogP) is 3.47. The van der Waals surface area contributed by atoms with Crippen molar-refractivity contribution in [2.75, 3.05) is 16.8 Å². The molecule has 0 spiro atoms. The normalized spacial score (nSPS) is 17.0. The first-order chi connectivity index (χ1) is 13.6. The summed E-state index contributed by atoms with van der Waals surface area (Å²) in [4.78, 5) is 31.3. The topological polar surface area (TPSA) is 91.0 Å². The standard InChI is InChI=1S/C20H17N5O2S/c1-11-6-7-15-16(8-11)28-20(21-15)22-19(27)12-9-17(26)25(10-12)18-13-4-2-3-5-14(13)23-24-18/h2-8,12H,9-10H2,1H3,(H,23,24)(H,21,22,27). The van der Waals surface area contributed by atoms with Crippen molar-refractivity contribution in [1.82, 2.24) is 15.2 Å². The molecule has 2 aromatic heterocycles. The minimum absolute atomic E-state index is 0.0997. The van der Waals surface area contributed by atoms with Gasteiger partial charge in [0.1, 0.15) is 0 Å². The van der Waals surface area contributed by atoms with Crippen LogP contribution in [0.1, 0.15) is 12.0 Å². The molecule has 4 aromatic rings. The third kappa shape index (κ3) is 2.82. The number of anilines is 2. The van der Waals surface area contributed by atoms with Crippen molar-refractivity contribution in [3.8, 4) is 0 Å². The summed E-state index contributed by atoms with van der Waals surface area (Å²) >= 11 is 1.44. The van der Waals surface area contributed by atoms with E-state index in [9.17, 15) is 9.59 Å². The summed E-state index contributed by atoms with van der Waals surface area (Å²) in [6.07, 6.45) is 0.164. The Morgan fingerprint density at radius 2 is 2.14 bits per heavy atom. The molecule has 2 aromatic carbocycles. The summed E-state index contributed by atoms with van der Waals surface area (Å²) < 4.78 is 1.03. The van der Waals surface area contributed by atoms with E-state index in [1.54, 1.807) is 4.90 Å². The number of para-hydroxylation sites is 1. The van der Waals surface area contributed by atoms with E-state index in [-0.39, 0.29) is 18.2 Å². The van der Waals surface area contributed by atoms with E-state index in [2.05, 4.69) is 20.5 Å². The lowest BCUT2D eigenvalue weighted by Crippen LogP contribution is -2.28. The van der Waals surface area contributed by atoms with Gasteiger partial charge in [0.25, 0.3) is 0 Å². The Morgan fingerprint density at radius 3 is 3.04 bits per heavy atom. The van der Waals surface area contributed by atoms with Gasteiger partial charge < -0.3 is 5.32 Å². The summed E-state index contributed by atoms with van der Waals surface area (Å²) in [5.41, 5.74) is 2.87. The molecule has 1 aliphatic rings. The van der Waals surface area contributed by atoms with Crippen LogP contribution in [-0.2, 0) is 9.59 Å². The molecule has 0 saturated carbocycles. The van der Waals surface area contributed by atoms with Crippen molar-refractivity contribution in [1.29, 1.82) is 0 Å². The van der Waals surface area contributed by atoms with Crippen LogP contribution in [0, 0.1) is 12.8 Å². The molecule has 0 bridgehead atoms. The van der Waals surface area contributed by atoms with Gasteiger partial charge in [-0.05, 0) is 36.8 Å². The van der Waals surface area contributed by atoms with Crippen molar-refractivity contribution < 1.29 is 9.59 Å². The average molecular weight is 391 g/mol. The van der Waals surface area contributed by atoms with Crippen molar-refractivity contribution >= 4 is 55.2 Å². The van der Waals surface area contributed by atoms with Gasteiger partial charge in [-0.25, -0.2) is 4.98 Å². The lowest BCUT2D eigenvalue weighted by Gasteiger charge is -2.13. The van der Waals surface area contributed by atoms with E-state index in [4.69, 9.17) is 0 Å². The van der Waals surface area contributed by atoms with Gasteiger partial charge in [-0.1, -0.05) is 29.5 Å². The van der Waals surface area contributed by atoms with Crippen LogP contribution in [-0.4, -0.2) is 33.5 Å². The summed E-state index contributed by atoms with van der Waals surface area (Å²) in [6, 6.07) is 13.6. The maximum atomic E-state index is 12.7. The number of nitrogens with one attached hydrogen (secondary N) is 2. The summed E-state index contributed by atoms with van der Waals surface area (Å²) in [6.45, 7) is 2.33. The SMILES string of the molecule is Cc1ccc2nc(NC(=O)C3CC(=O)N(c4n[nH]c5ccccc45)C3)sc2c1. The number of amides is 2. The first-order valence-electron chi connectivity index (χ1n) is 9.00. The van der Waals surface area contributed by atoms with E-state index in [0.717, 1.165) is 26.7 Å². The monoisotopic (exact) mass is 391 g/mol. The van der Waals surface area contributed by atoms with Gasteiger partial charge in [-0.15, -0.1) is 0 Å². The Bertz CT molecular complexity index is 1230. The highest BCUT2D eigenvalue weighted by atomic mass is 32.1. The Balaban J connectivity index is 1.35. The van der Waals surface area contributed by atoms with Gasteiger partial charge in [0, 0.05) is 18.4 Å². The number of carbonyl (C=O) groups excluding carboxylic acids is 2. The number of aromatic nitrogens is 3. The molecule has 7 nitrogen and oxygen atoms in total. The Labute approximate surface area is 164 Å². The zero-order chi connectivity index (χ0) is 19.3. The molecule has 1 saturated heterocycles. The fourth-order valence-electron chi connectivity index (χ4n) is 3.54. The highest BCUT2D eigenvalue weighted by Crippen LogP contribution is 2.31. The molecule has 0 aliphatic carbocycles. The Hall–Kier alpha value is -3.26. The summed E-state index contributed by atoms with van der Waals surface area (Å²) in [5.74, 6) is -0.146. The van der Waals surface area contributed by atoms with Gasteiger partial charge in [0.2, 0.25) is 11.8 Å². The number of nitrogens with zero attached hydrogens (tertiary/aromatic N) is 3.